The summed E-state index contributed by atoms with van der Waals surface area (Å²) >= 11 is 0. The Bertz CT molecular complexity index is 1030. The minimum Gasteiger partial charge on any atom is -0.481 e. The van der Waals surface area contributed by atoms with Crippen molar-refractivity contribution in [2.24, 2.45) is 5.92 Å². The van der Waals surface area contributed by atoms with Crippen LogP contribution in [0.1, 0.15) is 36.3 Å². The van der Waals surface area contributed by atoms with Crippen LogP contribution in [0, 0.1) is 5.92 Å². The molecule has 2 amide bonds. The number of carboxylic acid groups (broad SMARTS) is 1. The zero-order valence-electron chi connectivity index (χ0n) is 18.0. The molecule has 8 nitrogen and oxygen atoms in total. The van der Waals surface area contributed by atoms with Crippen LogP contribution in [0.2, 0.25) is 0 Å². The molecule has 1 saturated heterocycles. The predicted octanol–water partition coefficient (Wildman–Crippen LogP) is 2.66. The molecule has 8 heteroatoms. The fourth-order valence-corrected chi connectivity index (χ4v) is 5.01. The summed E-state index contributed by atoms with van der Waals surface area (Å²) in [5.41, 5.74) is 4.58. The SMILES string of the molecule is O=C(N[C@H]1CCO[C@H]1C(=O)NC1CC(C(=O)O)C1)OCC1c2ccccc2-c2ccccc21. The van der Waals surface area contributed by atoms with Crippen molar-refractivity contribution in [2.45, 2.75) is 43.4 Å². The van der Waals surface area contributed by atoms with Gasteiger partial charge in [-0.15, -0.1) is 0 Å². The molecule has 0 bridgehead atoms. The van der Waals surface area contributed by atoms with Crippen LogP contribution in [-0.2, 0) is 19.1 Å². The molecule has 1 aliphatic heterocycles. The van der Waals surface area contributed by atoms with Crippen molar-refractivity contribution in [1.82, 2.24) is 10.6 Å². The van der Waals surface area contributed by atoms with E-state index in [1.807, 2.05) is 24.3 Å². The third-order valence-corrected chi connectivity index (χ3v) is 6.83. The van der Waals surface area contributed by atoms with Gasteiger partial charge in [0, 0.05) is 18.6 Å². The average molecular weight is 450 g/mol. The molecule has 172 valence electrons. The molecule has 3 aliphatic rings. The van der Waals surface area contributed by atoms with E-state index >= 15 is 0 Å². The molecule has 33 heavy (non-hydrogen) atoms. The first kappa shape index (κ1) is 21.5. The summed E-state index contributed by atoms with van der Waals surface area (Å²) < 4.78 is 11.1. The summed E-state index contributed by atoms with van der Waals surface area (Å²) in [5.74, 6) is -1.62. The summed E-state index contributed by atoms with van der Waals surface area (Å²) in [6.45, 7) is 0.553. The molecule has 2 atom stereocenters. The van der Waals surface area contributed by atoms with Gasteiger partial charge in [0.25, 0.3) is 5.91 Å². The number of ether oxygens (including phenoxy) is 2. The zero-order chi connectivity index (χ0) is 22.9. The van der Waals surface area contributed by atoms with Gasteiger partial charge in [0.2, 0.25) is 0 Å². The second-order valence-corrected chi connectivity index (χ2v) is 8.87. The second-order valence-electron chi connectivity index (χ2n) is 8.87. The number of carbonyl (C=O) groups is 3. The Morgan fingerprint density at radius 1 is 0.970 bits per heavy atom. The van der Waals surface area contributed by atoms with Crippen LogP contribution in [0.4, 0.5) is 4.79 Å². The number of carbonyl (C=O) groups excluding carboxylic acids is 2. The van der Waals surface area contributed by atoms with Crippen molar-refractivity contribution in [1.29, 1.82) is 0 Å². The molecular weight excluding hydrogens is 424 g/mol. The van der Waals surface area contributed by atoms with Gasteiger partial charge < -0.3 is 25.2 Å². The average Bonchev–Trinajstić information content (AvgIpc) is 3.36. The van der Waals surface area contributed by atoms with E-state index in [4.69, 9.17) is 14.6 Å². The number of carboxylic acids is 1. The van der Waals surface area contributed by atoms with Crippen molar-refractivity contribution >= 4 is 18.0 Å². The summed E-state index contributed by atoms with van der Waals surface area (Å²) in [6, 6.07) is 15.6. The van der Waals surface area contributed by atoms with Crippen molar-refractivity contribution in [2.75, 3.05) is 13.2 Å². The van der Waals surface area contributed by atoms with E-state index in [1.54, 1.807) is 0 Å². The molecule has 0 spiro atoms. The molecule has 0 unspecified atom stereocenters. The summed E-state index contributed by atoms with van der Waals surface area (Å²) in [6.07, 6.45) is -0.0598. The molecule has 2 aliphatic carbocycles. The number of hydrogen-bond donors (Lipinski definition) is 3. The lowest BCUT2D eigenvalue weighted by Gasteiger charge is -2.34. The largest absolute Gasteiger partial charge is 0.481 e. The summed E-state index contributed by atoms with van der Waals surface area (Å²) in [7, 11) is 0. The maximum absolute atomic E-state index is 12.6. The van der Waals surface area contributed by atoms with Crippen molar-refractivity contribution in [3.8, 4) is 11.1 Å². The van der Waals surface area contributed by atoms with Gasteiger partial charge in [0.15, 0.2) is 6.10 Å². The van der Waals surface area contributed by atoms with E-state index in [0.717, 1.165) is 22.3 Å². The third kappa shape index (κ3) is 4.18. The number of alkyl carbamates (subject to hydrolysis) is 1. The van der Waals surface area contributed by atoms with Crippen molar-refractivity contribution < 1.29 is 29.0 Å². The van der Waals surface area contributed by atoms with Gasteiger partial charge in [-0.3, -0.25) is 9.59 Å². The standard InChI is InChI=1S/C25H26N2O6/c28-23(26-15-11-14(12-15)24(29)30)22-21(9-10-32-22)27-25(31)33-13-20-18-7-3-1-5-16(18)17-6-2-4-8-19(17)20/h1-8,14-15,20-22H,9-13H2,(H,26,28)(H,27,31)(H,29,30)/t14?,15?,21-,22+/m0/s1. The Balaban J connectivity index is 1.16. The number of hydrogen-bond acceptors (Lipinski definition) is 5. The lowest BCUT2D eigenvalue weighted by molar-refractivity contribution is -0.147. The molecule has 0 radical (unpaired) electrons. The van der Waals surface area contributed by atoms with Crippen LogP contribution >= 0.6 is 0 Å². The molecule has 2 fully saturated rings. The van der Waals surface area contributed by atoms with E-state index < -0.39 is 30.1 Å². The highest BCUT2D eigenvalue weighted by Gasteiger charge is 2.40. The Morgan fingerprint density at radius 2 is 1.61 bits per heavy atom. The van der Waals surface area contributed by atoms with Gasteiger partial charge >= 0.3 is 12.1 Å². The number of aliphatic carboxylic acids is 1. The lowest BCUT2D eigenvalue weighted by atomic mass is 9.80. The molecule has 3 N–H and O–H groups in total. The molecule has 2 aromatic rings. The molecule has 1 heterocycles. The monoisotopic (exact) mass is 450 g/mol. The quantitative estimate of drug-likeness (QED) is 0.624. The number of nitrogens with one attached hydrogen (secondary N) is 2. The van der Waals surface area contributed by atoms with Crippen LogP contribution in [0.25, 0.3) is 11.1 Å². The first-order chi connectivity index (χ1) is 16.0. The zero-order valence-corrected chi connectivity index (χ0v) is 18.0. The van der Waals surface area contributed by atoms with E-state index in [-0.39, 0.29) is 24.5 Å². The Labute approximate surface area is 191 Å². The number of benzene rings is 2. The maximum atomic E-state index is 12.6. The summed E-state index contributed by atoms with van der Waals surface area (Å²) in [4.78, 5) is 36.1. The van der Waals surface area contributed by atoms with Crippen molar-refractivity contribution in [3.63, 3.8) is 0 Å². The maximum Gasteiger partial charge on any atom is 0.407 e. The van der Waals surface area contributed by atoms with Crippen LogP contribution in [-0.4, -0.2) is 54.5 Å². The Hall–Kier alpha value is -3.39. The van der Waals surface area contributed by atoms with Gasteiger partial charge in [-0.1, -0.05) is 48.5 Å². The molecule has 1 saturated carbocycles. The van der Waals surface area contributed by atoms with Crippen LogP contribution in [0.15, 0.2) is 48.5 Å². The smallest absolute Gasteiger partial charge is 0.407 e. The lowest BCUT2D eigenvalue weighted by Crippen LogP contribution is -2.54. The van der Waals surface area contributed by atoms with Gasteiger partial charge in [-0.05, 0) is 41.5 Å². The minimum absolute atomic E-state index is 0.0390. The minimum atomic E-state index is -0.840. The number of fused-ring (bicyclic) bond motifs is 3. The second kappa shape index (κ2) is 8.86. The highest BCUT2D eigenvalue weighted by atomic mass is 16.6. The highest BCUT2D eigenvalue weighted by Crippen LogP contribution is 2.44. The predicted molar refractivity (Wildman–Crippen MR) is 119 cm³/mol. The highest BCUT2D eigenvalue weighted by molar-refractivity contribution is 5.84. The van der Waals surface area contributed by atoms with E-state index in [2.05, 4.69) is 34.9 Å². The van der Waals surface area contributed by atoms with Crippen molar-refractivity contribution in [3.05, 3.63) is 59.7 Å². The normalized spacial score (nSPS) is 25.5. The van der Waals surface area contributed by atoms with E-state index in [0.29, 0.717) is 25.9 Å². The first-order valence-electron chi connectivity index (χ1n) is 11.3. The Morgan fingerprint density at radius 3 is 2.24 bits per heavy atom. The van der Waals surface area contributed by atoms with E-state index in [9.17, 15) is 14.4 Å². The number of rotatable bonds is 6. The first-order valence-corrected chi connectivity index (χ1v) is 11.3. The topological polar surface area (TPSA) is 114 Å². The van der Waals surface area contributed by atoms with Gasteiger partial charge in [0.05, 0.1) is 12.0 Å². The fraction of sp³-hybridized carbons (Fsp3) is 0.400. The van der Waals surface area contributed by atoms with Gasteiger partial charge in [-0.25, -0.2) is 4.79 Å². The molecule has 5 rings (SSSR count). The summed E-state index contributed by atoms with van der Waals surface area (Å²) in [5, 5.41) is 14.6. The molecular formula is C25H26N2O6. The third-order valence-electron chi connectivity index (χ3n) is 6.83. The van der Waals surface area contributed by atoms with Crippen LogP contribution in [0.3, 0.4) is 0 Å². The van der Waals surface area contributed by atoms with Gasteiger partial charge in [-0.2, -0.15) is 0 Å². The van der Waals surface area contributed by atoms with Crippen LogP contribution in [0.5, 0.6) is 0 Å². The van der Waals surface area contributed by atoms with E-state index in [1.165, 1.54) is 0 Å². The number of amides is 2. The Kier molecular flexibility index (Phi) is 5.76. The van der Waals surface area contributed by atoms with Crippen LogP contribution < -0.4 is 10.6 Å². The van der Waals surface area contributed by atoms with Gasteiger partial charge in [0.1, 0.15) is 6.61 Å². The molecule has 2 aromatic carbocycles. The fourth-order valence-electron chi connectivity index (χ4n) is 5.01. The molecule has 0 aromatic heterocycles.